The van der Waals surface area contributed by atoms with Crippen molar-refractivity contribution in [2.24, 2.45) is 5.41 Å². The summed E-state index contributed by atoms with van der Waals surface area (Å²) in [5.74, 6) is -1.16. The predicted molar refractivity (Wildman–Crippen MR) is 77.7 cm³/mol. The summed E-state index contributed by atoms with van der Waals surface area (Å²) >= 11 is 0. The standard InChI is InChI=1S/C16H21NO4/c1-16(2,3)13-10-21-15(20)17(13)14(19)12(9-18)11-7-5-4-6-8-11/h4-8,12-13,18H,9-10H2,1-3H3/t12-,13+/m0/s1. The first-order valence-electron chi connectivity index (χ1n) is 7.02. The molecular weight excluding hydrogens is 270 g/mol. The summed E-state index contributed by atoms with van der Waals surface area (Å²) in [6, 6.07) is 8.66. The average molecular weight is 291 g/mol. The zero-order chi connectivity index (χ0) is 15.6. The molecule has 1 N–H and O–H groups in total. The number of carbonyl (C=O) groups excluding carboxylic acids is 2. The van der Waals surface area contributed by atoms with Crippen LogP contribution < -0.4 is 0 Å². The Labute approximate surface area is 124 Å². The van der Waals surface area contributed by atoms with Crippen molar-refractivity contribution in [1.82, 2.24) is 4.90 Å². The number of aliphatic hydroxyl groups is 1. The monoisotopic (exact) mass is 291 g/mol. The van der Waals surface area contributed by atoms with E-state index in [9.17, 15) is 14.7 Å². The number of nitrogens with zero attached hydrogens (tertiary/aromatic N) is 1. The van der Waals surface area contributed by atoms with E-state index in [-0.39, 0.29) is 24.7 Å². The molecule has 2 atom stereocenters. The van der Waals surface area contributed by atoms with Crippen LogP contribution in [-0.2, 0) is 9.53 Å². The Morgan fingerprint density at radius 2 is 2.00 bits per heavy atom. The lowest BCUT2D eigenvalue weighted by Crippen LogP contribution is -2.48. The normalized spacial score (nSPS) is 20.3. The molecule has 5 nitrogen and oxygen atoms in total. The fourth-order valence-corrected chi connectivity index (χ4v) is 2.48. The highest BCUT2D eigenvalue weighted by molar-refractivity contribution is 5.97. The second-order valence-electron chi connectivity index (χ2n) is 6.31. The van der Waals surface area contributed by atoms with Gasteiger partial charge in [0.2, 0.25) is 5.91 Å². The van der Waals surface area contributed by atoms with Crippen molar-refractivity contribution in [2.75, 3.05) is 13.2 Å². The molecule has 0 saturated carbocycles. The molecule has 2 rings (SSSR count). The van der Waals surface area contributed by atoms with Crippen molar-refractivity contribution in [1.29, 1.82) is 0 Å². The lowest BCUT2D eigenvalue weighted by Gasteiger charge is -2.32. The number of carbonyl (C=O) groups is 2. The molecule has 114 valence electrons. The minimum absolute atomic E-state index is 0.195. The number of imide groups is 1. The molecule has 0 spiro atoms. The van der Waals surface area contributed by atoms with Crippen LogP contribution in [0.1, 0.15) is 32.3 Å². The summed E-state index contributed by atoms with van der Waals surface area (Å²) in [5, 5.41) is 9.59. The first-order valence-corrected chi connectivity index (χ1v) is 7.02. The number of rotatable bonds is 3. The zero-order valence-electron chi connectivity index (χ0n) is 12.6. The van der Waals surface area contributed by atoms with Crippen LogP contribution in [0.3, 0.4) is 0 Å². The molecule has 0 radical (unpaired) electrons. The molecule has 1 aliphatic rings. The van der Waals surface area contributed by atoms with Gasteiger partial charge in [-0.1, -0.05) is 51.1 Å². The van der Waals surface area contributed by atoms with Gasteiger partial charge in [0.1, 0.15) is 6.61 Å². The summed E-state index contributed by atoms with van der Waals surface area (Å²) in [6.45, 7) is 5.72. The van der Waals surface area contributed by atoms with Crippen LogP contribution in [0.4, 0.5) is 4.79 Å². The summed E-state index contributed by atoms with van der Waals surface area (Å²) in [4.78, 5) is 25.8. The highest BCUT2D eigenvalue weighted by Gasteiger charge is 2.46. The Hall–Kier alpha value is -1.88. The van der Waals surface area contributed by atoms with E-state index >= 15 is 0 Å². The van der Waals surface area contributed by atoms with E-state index in [1.165, 1.54) is 0 Å². The van der Waals surface area contributed by atoms with Crippen molar-refractivity contribution in [3.05, 3.63) is 35.9 Å². The lowest BCUT2D eigenvalue weighted by molar-refractivity contribution is -0.133. The number of cyclic esters (lactones) is 1. The average Bonchev–Trinajstić information content (AvgIpc) is 2.82. The molecule has 2 amide bonds. The van der Waals surface area contributed by atoms with E-state index in [2.05, 4.69) is 0 Å². The second-order valence-corrected chi connectivity index (χ2v) is 6.31. The van der Waals surface area contributed by atoms with Crippen molar-refractivity contribution in [3.8, 4) is 0 Å². The third-order valence-electron chi connectivity index (χ3n) is 3.79. The largest absolute Gasteiger partial charge is 0.447 e. The van der Waals surface area contributed by atoms with Gasteiger partial charge in [0.25, 0.3) is 0 Å². The first-order chi connectivity index (χ1) is 9.86. The maximum absolute atomic E-state index is 12.7. The molecule has 21 heavy (non-hydrogen) atoms. The molecule has 1 aliphatic heterocycles. The second kappa shape index (κ2) is 5.85. The minimum atomic E-state index is -0.748. The number of amides is 2. The van der Waals surface area contributed by atoms with Crippen LogP contribution in [0.2, 0.25) is 0 Å². The quantitative estimate of drug-likeness (QED) is 0.926. The molecule has 5 heteroatoms. The highest BCUT2D eigenvalue weighted by Crippen LogP contribution is 2.32. The summed E-state index contributed by atoms with van der Waals surface area (Å²) in [6.07, 6.45) is -0.630. The molecule has 0 bridgehead atoms. The molecule has 1 saturated heterocycles. The van der Waals surface area contributed by atoms with Gasteiger partial charge in [-0.05, 0) is 11.0 Å². The van der Waals surface area contributed by atoms with Gasteiger partial charge >= 0.3 is 6.09 Å². The topological polar surface area (TPSA) is 66.8 Å². The Morgan fingerprint density at radius 3 is 2.52 bits per heavy atom. The van der Waals surface area contributed by atoms with Crippen LogP contribution in [0.25, 0.3) is 0 Å². The van der Waals surface area contributed by atoms with E-state index in [1.807, 2.05) is 26.8 Å². The van der Waals surface area contributed by atoms with Gasteiger partial charge in [-0.3, -0.25) is 4.79 Å². The van der Waals surface area contributed by atoms with E-state index in [0.717, 1.165) is 4.90 Å². The van der Waals surface area contributed by atoms with E-state index in [1.54, 1.807) is 24.3 Å². The van der Waals surface area contributed by atoms with Crippen LogP contribution in [0.5, 0.6) is 0 Å². The van der Waals surface area contributed by atoms with Crippen molar-refractivity contribution in [2.45, 2.75) is 32.7 Å². The van der Waals surface area contributed by atoms with Crippen molar-refractivity contribution >= 4 is 12.0 Å². The molecule has 1 aromatic carbocycles. The Morgan fingerprint density at radius 1 is 1.38 bits per heavy atom. The first kappa shape index (κ1) is 15.5. The van der Waals surface area contributed by atoms with Crippen molar-refractivity contribution in [3.63, 3.8) is 0 Å². The Bertz CT molecular complexity index is 521. The SMILES string of the molecule is CC(C)(C)[C@H]1COC(=O)N1C(=O)[C@@H](CO)c1ccccc1. The molecule has 1 fully saturated rings. The van der Waals surface area contributed by atoms with E-state index in [4.69, 9.17) is 4.74 Å². The van der Waals surface area contributed by atoms with E-state index in [0.29, 0.717) is 5.56 Å². The van der Waals surface area contributed by atoms with Gasteiger partial charge in [-0.2, -0.15) is 0 Å². The number of ether oxygens (including phenoxy) is 1. The Balaban J connectivity index is 2.30. The molecule has 1 heterocycles. The summed E-state index contributed by atoms with van der Waals surface area (Å²) in [7, 11) is 0. The lowest BCUT2D eigenvalue weighted by atomic mass is 9.86. The minimum Gasteiger partial charge on any atom is -0.447 e. The molecule has 0 aliphatic carbocycles. The van der Waals surface area contributed by atoms with Crippen molar-refractivity contribution < 1.29 is 19.4 Å². The van der Waals surface area contributed by atoms with Gasteiger partial charge in [0.15, 0.2) is 0 Å². The number of aliphatic hydroxyl groups excluding tert-OH is 1. The highest BCUT2D eigenvalue weighted by atomic mass is 16.6. The van der Waals surface area contributed by atoms with Crippen LogP contribution in [-0.4, -0.2) is 41.3 Å². The van der Waals surface area contributed by atoms with Gasteiger partial charge in [0, 0.05) is 0 Å². The van der Waals surface area contributed by atoms with Gasteiger partial charge in [-0.25, -0.2) is 9.69 Å². The summed E-state index contributed by atoms with van der Waals surface area (Å²) in [5.41, 5.74) is 0.413. The van der Waals surface area contributed by atoms with E-state index < -0.39 is 17.9 Å². The molecule has 1 aromatic rings. The van der Waals surface area contributed by atoms with Gasteiger partial charge in [-0.15, -0.1) is 0 Å². The third kappa shape index (κ3) is 3.08. The molecular formula is C16H21NO4. The third-order valence-corrected chi connectivity index (χ3v) is 3.79. The zero-order valence-corrected chi connectivity index (χ0v) is 12.6. The van der Waals surface area contributed by atoms with Gasteiger partial charge < -0.3 is 9.84 Å². The van der Waals surface area contributed by atoms with Gasteiger partial charge in [0.05, 0.1) is 18.6 Å². The fraction of sp³-hybridized carbons (Fsp3) is 0.500. The number of hydrogen-bond acceptors (Lipinski definition) is 4. The molecule has 0 aromatic heterocycles. The van der Waals surface area contributed by atoms with Crippen LogP contribution in [0, 0.1) is 5.41 Å². The maximum atomic E-state index is 12.7. The maximum Gasteiger partial charge on any atom is 0.417 e. The summed E-state index contributed by atoms with van der Waals surface area (Å²) < 4.78 is 5.04. The smallest absolute Gasteiger partial charge is 0.417 e. The van der Waals surface area contributed by atoms with Crippen LogP contribution >= 0.6 is 0 Å². The Kier molecular flexibility index (Phi) is 4.32. The molecule has 0 unspecified atom stereocenters. The van der Waals surface area contributed by atoms with Crippen LogP contribution in [0.15, 0.2) is 30.3 Å². The number of benzene rings is 1. The predicted octanol–water partition coefficient (Wildman–Crippen LogP) is 2.16. The number of hydrogen-bond donors (Lipinski definition) is 1. The fourth-order valence-electron chi connectivity index (χ4n) is 2.48.